The molecule has 21 heteroatoms. The second-order valence-corrected chi connectivity index (χ2v) is 9.19. The fraction of sp³-hybridized carbons (Fsp3) is 0.154. The first-order valence-corrected chi connectivity index (χ1v) is 11.5. The van der Waals surface area contributed by atoms with Gasteiger partial charge in [-0.05, 0) is 23.1 Å². The number of allylic oxidation sites excluding steroid dienone is 4. The third-order valence-electron chi connectivity index (χ3n) is 6.54. The Labute approximate surface area is 244 Å². The average molecular weight is 714 g/mol. The Kier molecular flexibility index (Phi) is 8.42. The fourth-order valence-electron chi connectivity index (χ4n) is 4.67. The molecular formula is C26H3F21. The van der Waals surface area contributed by atoms with E-state index in [4.69, 9.17) is 0 Å². The molecule has 0 saturated heterocycles. The fourth-order valence-corrected chi connectivity index (χ4v) is 4.67. The summed E-state index contributed by atoms with van der Waals surface area (Å²) in [5, 5.41) is 0. The molecule has 0 atom stereocenters. The largest absolute Gasteiger partial charge is 0.422 e. The minimum Gasteiger partial charge on any atom is -0.203 e. The Morgan fingerprint density at radius 3 is 0.872 bits per heavy atom. The molecule has 0 nitrogen and oxygen atoms in total. The maximum Gasteiger partial charge on any atom is 0.422 e. The van der Waals surface area contributed by atoms with Crippen LogP contribution in [0.2, 0.25) is 0 Å². The molecule has 0 fully saturated rings. The Balaban J connectivity index is 2.27. The maximum absolute atomic E-state index is 15.1. The van der Waals surface area contributed by atoms with Crippen LogP contribution in [0, 0.1) is 69.8 Å². The first-order valence-electron chi connectivity index (χ1n) is 11.5. The van der Waals surface area contributed by atoms with E-state index in [-0.39, 0.29) is 6.08 Å². The molecule has 254 valence electrons. The summed E-state index contributed by atoms with van der Waals surface area (Å²) in [6, 6.07) is 0. The highest BCUT2D eigenvalue weighted by Crippen LogP contribution is 2.52. The van der Waals surface area contributed by atoms with Crippen LogP contribution in [-0.2, 0) is 18.5 Å². The molecule has 0 bridgehead atoms. The summed E-state index contributed by atoms with van der Waals surface area (Å²) in [6.07, 6.45) is -20.6. The van der Waals surface area contributed by atoms with Crippen molar-refractivity contribution < 1.29 is 92.2 Å². The van der Waals surface area contributed by atoms with Gasteiger partial charge in [0, 0.05) is 0 Å². The van der Waals surface area contributed by atoms with E-state index in [1.54, 1.807) is 0 Å². The van der Waals surface area contributed by atoms with Gasteiger partial charge in [0.2, 0.25) is 0 Å². The molecule has 0 aliphatic heterocycles. The number of hydrogen-bond donors (Lipinski definition) is 0. The number of alkyl halides is 9. The van der Waals surface area contributed by atoms with Crippen molar-refractivity contribution in [3.63, 3.8) is 0 Å². The van der Waals surface area contributed by atoms with Crippen LogP contribution in [0.15, 0.2) is 6.08 Å². The van der Waals surface area contributed by atoms with Gasteiger partial charge in [-0.15, -0.1) is 0 Å². The molecule has 0 aromatic heterocycles. The van der Waals surface area contributed by atoms with Crippen molar-refractivity contribution in [2.24, 2.45) is 0 Å². The van der Waals surface area contributed by atoms with E-state index in [1.165, 1.54) is 0 Å². The summed E-state index contributed by atoms with van der Waals surface area (Å²) in [5.41, 5.74) is -24.1. The summed E-state index contributed by atoms with van der Waals surface area (Å²) >= 11 is 0. The Bertz CT molecular complexity index is 1830. The molecule has 1 aliphatic carbocycles. The highest BCUT2D eigenvalue weighted by molar-refractivity contribution is 6.18. The molecule has 1 aliphatic rings. The molecule has 47 heavy (non-hydrogen) atoms. The van der Waals surface area contributed by atoms with Crippen LogP contribution in [0.4, 0.5) is 92.2 Å². The maximum atomic E-state index is 15.1. The number of rotatable bonds is 3. The van der Waals surface area contributed by atoms with E-state index in [0.717, 1.165) is 0 Å². The number of benzene rings is 3. The second-order valence-electron chi connectivity index (χ2n) is 9.19. The van der Waals surface area contributed by atoms with Crippen molar-refractivity contribution in [3.05, 3.63) is 109 Å². The van der Waals surface area contributed by atoms with Crippen LogP contribution in [-0.4, -0.2) is 0 Å². The highest BCUT2D eigenvalue weighted by Gasteiger charge is 2.48. The topological polar surface area (TPSA) is 0 Å². The molecule has 0 heterocycles. The van der Waals surface area contributed by atoms with Gasteiger partial charge in [-0.25, -0.2) is 52.7 Å². The van der Waals surface area contributed by atoms with Gasteiger partial charge in [0.15, 0.2) is 69.8 Å². The average Bonchev–Trinajstić information content (AvgIpc) is 3.31. The lowest BCUT2D eigenvalue weighted by Gasteiger charge is -2.21. The molecule has 0 saturated carbocycles. The van der Waals surface area contributed by atoms with E-state index in [9.17, 15) is 83.4 Å². The van der Waals surface area contributed by atoms with Gasteiger partial charge in [0.25, 0.3) is 0 Å². The Morgan fingerprint density at radius 1 is 0.340 bits per heavy atom. The van der Waals surface area contributed by atoms with Gasteiger partial charge in [-0.2, -0.15) is 39.5 Å². The van der Waals surface area contributed by atoms with E-state index >= 15 is 8.78 Å². The van der Waals surface area contributed by atoms with Crippen LogP contribution in [0.25, 0.3) is 16.7 Å². The Hall–Kier alpha value is -4.33. The lowest BCUT2D eigenvalue weighted by Crippen LogP contribution is -2.19. The molecule has 3 aromatic rings. The zero-order chi connectivity index (χ0) is 36.0. The third kappa shape index (κ3) is 5.35. The van der Waals surface area contributed by atoms with Gasteiger partial charge < -0.3 is 0 Å². The normalized spacial score (nSPS) is 14.4. The molecule has 0 unspecified atom stereocenters. The van der Waals surface area contributed by atoms with Crippen LogP contribution in [0.1, 0.15) is 39.8 Å². The van der Waals surface area contributed by atoms with Crippen LogP contribution < -0.4 is 0 Å². The Morgan fingerprint density at radius 2 is 0.596 bits per heavy atom. The monoisotopic (exact) mass is 714 g/mol. The molecule has 3 aromatic carbocycles. The molecule has 0 N–H and O–H groups in total. The molecule has 0 amide bonds. The zero-order valence-corrected chi connectivity index (χ0v) is 21.2. The van der Waals surface area contributed by atoms with Crippen molar-refractivity contribution in [2.45, 2.75) is 24.9 Å². The SMILES string of the molecule is Fc1c(F)c(C(F)(F)F)c(F)c(F)c1C1=CCC(c2c(F)c(F)c(C(F)(F)F)c(F)c2F)=C1c1c(F)c(F)c(C(F)(F)F)c(F)c1F. The summed E-state index contributed by atoms with van der Waals surface area (Å²) < 4.78 is 294. The smallest absolute Gasteiger partial charge is 0.203 e. The standard InChI is InChI=1S/C26H3F21/c27-12-6(13(28)19(34)9(18(12)33)24(39,40)41)3-1-2-4(7-14(29)20(35)10(25(42,43)44)21(36)15(7)30)5(3)8-16(31)22(37)11(26(45,46)47)23(38)17(8)32/h1H,2H2. The zero-order valence-electron chi connectivity index (χ0n) is 21.2. The quantitative estimate of drug-likeness (QED) is 0.187. The summed E-state index contributed by atoms with van der Waals surface area (Å²) in [4.78, 5) is 0. The van der Waals surface area contributed by atoms with E-state index in [1.807, 2.05) is 0 Å². The minimum absolute atomic E-state index is 0.114. The van der Waals surface area contributed by atoms with Crippen molar-refractivity contribution in [2.75, 3.05) is 0 Å². The van der Waals surface area contributed by atoms with Crippen LogP contribution in [0.3, 0.4) is 0 Å². The van der Waals surface area contributed by atoms with Gasteiger partial charge in [0.05, 0.1) is 16.7 Å². The van der Waals surface area contributed by atoms with Crippen LogP contribution in [0.5, 0.6) is 0 Å². The molecule has 0 spiro atoms. The van der Waals surface area contributed by atoms with Crippen molar-refractivity contribution >= 4 is 16.7 Å². The van der Waals surface area contributed by atoms with Crippen molar-refractivity contribution in [1.82, 2.24) is 0 Å². The summed E-state index contributed by atoms with van der Waals surface area (Å²) in [5.74, 6) is -39.4. The third-order valence-corrected chi connectivity index (χ3v) is 6.54. The highest BCUT2D eigenvalue weighted by atomic mass is 19.4. The first-order chi connectivity index (χ1) is 21.3. The van der Waals surface area contributed by atoms with Gasteiger partial charge in [-0.3, -0.25) is 0 Å². The lowest BCUT2D eigenvalue weighted by atomic mass is 9.87. The molecular weight excluding hydrogens is 711 g/mol. The van der Waals surface area contributed by atoms with Gasteiger partial charge in [-0.1, -0.05) is 6.08 Å². The first kappa shape index (κ1) is 35.5. The van der Waals surface area contributed by atoms with Crippen molar-refractivity contribution in [1.29, 1.82) is 0 Å². The molecule has 0 radical (unpaired) electrons. The van der Waals surface area contributed by atoms with Crippen LogP contribution >= 0.6 is 0 Å². The number of halogens is 21. The van der Waals surface area contributed by atoms with E-state index < -0.39 is 145 Å². The van der Waals surface area contributed by atoms with E-state index in [0.29, 0.717) is 0 Å². The number of hydrogen-bond acceptors (Lipinski definition) is 0. The predicted octanol–water partition coefficient (Wildman–Crippen LogP) is 10.8. The summed E-state index contributed by atoms with van der Waals surface area (Å²) in [7, 11) is 0. The lowest BCUT2D eigenvalue weighted by molar-refractivity contribution is -0.144. The second kappa shape index (κ2) is 11.1. The minimum atomic E-state index is -6.30. The van der Waals surface area contributed by atoms with Gasteiger partial charge in [0.1, 0.15) is 16.7 Å². The van der Waals surface area contributed by atoms with E-state index in [2.05, 4.69) is 0 Å². The predicted molar refractivity (Wildman–Crippen MR) is 113 cm³/mol. The van der Waals surface area contributed by atoms with Crippen molar-refractivity contribution in [3.8, 4) is 0 Å². The molecule has 4 rings (SSSR count). The van der Waals surface area contributed by atoms with Gasteiger partial charge >= 0.3 is 18.5 Å². The summed E-state index contributed by atoms with van der Waals surface area (Å²) in [6.45, 7) is 0.